The third kappa shape index (κ3) is 3.90. The Labute approximate surface area is 131 Å². The van der Waals surface area contributed by atoms with E-state index in [2.05, 4.69) is 50.4 Å². The molecule has 1 aromatic carbocycles. The van der Waals surface area contributed by atoms with Crippen LogP contribution in [0.3, 0.4) is 0 Å². The molecule has 0 amide bonds. The number of ether oxygens (including phenoxy) is 1. The summed E-state index contributed by atoms with van der Waals surface area (Å²) < 4.78 is 5.63. The summed E-state index contributed by atoms with van der Waals surface area (Å²) in [6.07, 6.45) is 0.0628. The molecule has 1 heterocycles. The fourth-order valence-corrected chi connectivity index (χ4v) is 3.67. The second-order valence-corrected chi connectivity index (χ2v) is 6.41. The molecule has 1 unspecified atom stereocenters. The van der Waals surface area contributed by atoms with E-state index in [1.807, 2.05) is 6.07 Å². The lowest BCUT2D eigenvalue weighted by molar-refractivity contribution is 0.0643. The van der Waals surface area contributed by atoms with Crippen molar-refractivity contribution in [1.82, 2.24) is 10.3 Å². The number of aromatic nitrogens is 1. The highest BCUT2D eigenvalue weighted by atomic mass is 32.1. The smallest absolute Gasteiger partial charge is 0.123 e. The highest BCUT2D eigenvalue weighted by molar-refractivity contribution is 7.15. The van der Waals surface area contributed by atoms with Crippen LogP contribution in [0.5, 0.6) is 0 Å². The summed E-state index contributed by atoms with van der Waals surface area (Å²) in [5, 5.41) is 4.45. The minimum absolute atomic E-state index is 0.0628. The molecule has 4 heteroatoms. The first-order valence-electron chi connectivity index (χ1n) is 7.45. The molecule has 0 fully saturated rings. The van der Waals surface area contributed by atoms with Crippen LogP contribution in [0.25, 0.3) is 10.4 Å². The third-order valence-corrected chi connectivity index (χ3v) is 4.60. The number of hydrogen-bond donors (Lipinski definition) is 1. The largest absolute Gasteiger partial charge is 0.374 e. The maximum Gasteiger partial charge on any atom is 0.123 e. The van der Waals surface area contributed by atoms with Gasteiger partial charge in [0.15, 0.2) is 0 Å². The van der Waals surface area contributed by atoms with Gasteiger partial charge < -0.3 is 10.1 Å². The molecule has 1 atom stereocenters. The molecule has 0 aliphatic rings. The van der Waals surface area contributed by atoms with E-state index in [0.29, 0.717) is 5.92 Å². The summed E-state index contributed by atoms with van der Waals surface area (Å²) >= 11 is 1.75. The summed E-state index contributed by atoms with van der Waals surface area (Å²) in [5.41, 5.74) is 2.35. The number of hydrogen-bond acceptors (Lipinski definition) is 4. The molecule has 1 aromatic heterocycles. The van der Waals surface area contributed by atoms with E-state index in [9.17, 15) is 0 Å². The molecule has 2 rings (SSSR count). The zero-order valence-electron chi connectivity index (χ0n) is 13.2. The van der Waals surface area contributed by atoms with Crippen LogP contribution < -0.4 is 5.32 Å². The summed E-state index contributed by atoms with van der Waals surface area (Å²) in [5.74, 6) is 0.414. The zero-order chi connectivity index (χ0) is 15.2. The van der Waals surface area contributed by atoms with Crippen LogP contribution in [0.1, 0.15) is 37.6 Å². The summed E-state index contributed by atoms with van der Waals surface area (Å²) in [6, 6.07) is 10.5. The molecule has 0 saturated heterocycles. The van der Waals surface area contributed by atoms with Crippen LogP contribution in [0.4, 0.5) is 0 Å². The zero-order valence-corrected chi connectivity index (χ0v) is 14.0. The second kappa shape index (κ2) is 7.69. The van der Waals surface area contributed by atoms with Gasteiger partial charge in [-0.1, -0.05) is 51.1 Å². The van der Waals surface area contributed by atoms with Gasteiger partial charge in [-0.05, 0) is 18.0 Å². The van der Waals surface area contributed by atoms with E-state index < -0.39 is 0 Å². The van der Waals surface area contributed by atoms with Gasteiger partial charge in [0.25, 0.3) is 0 Å². The predicted molar refractivity (Wildman–Crippen MR) is 89.5 cm³/mol. The van der Waals surface area contributed by atoms with Gasteiger partial charge >= 0.3 is 0 Å². The van der Waals surface area contributed by atoms with Crippen LogP contribution in [0.2, 0.25) is 0 Å². The molecular formula is C17H24N2OS. The minimum atomic E-state index is 0.0628. The molecule has 3 nitrogen and oxygen atoms in total. The van der Waals surface area contributed by atoms with Crippen LogP contribution in [0.15, 0.2) is 30.3 Å². The highest BCUT2D eigenvalue weighted by Crippen LogP contribution is 2.36. The lowest BCUT2D eigenvalue weighted by Crippen LogP contribution is -2.13. The average molecular weight is 304 g/mol. The number of nitrogens with zero attached hydrogens (tertiary/aromatic N) is 1. The van der Waals surface area contributed by atoms with Gasteiger partial charge in [0.2, 0.25) is 0 Å². The van der Waals surface area contributed by atoms with Crippen molar-refractivity contribution < 1.29 is 4.74 Å². The topological polar surface area (TPSA) is 34.2 Å². The number of thiazole rings is 1. The molecule has 0 aliphatic carbocycles. The van der Waals surface area contributed by atoms with Crippen molar-refractivity contribution >= 4 is 11.3 Å². The molecule has 0 saturated carbocycles. The monoisotopic (exact) mass is 304 g/mol. The Balaban J connectivity index is 2.40. The second-order valence-electron chi connectivity index (χ2n) is 5.37. The number of rotatable bonds is 7. The van der Waals surface area contributed by atoms with Crippen molar-refractivity contribution in [3.63, 3.8) is 0 Å². The Morgan fingerprint density at radius 3 is 2.52 bits per heavy atom. The Hall–Kier alpha value is -1.23. The van der Waals surface area contributed by atoms with Crippen molar-refractivity contribution in [2.24, 2.45) is 5.92 Å². The van der Waals surface area contributed by atoms with Gasteiger partial charge in [0.05, 0.1) is 10.6 Å². The van der Waals surface area contributed by atoms with Gasteiger partial charge in [-0.25, -0.2) is 4.98 Å². The van der Waals surface area contributed by atoms with E-state index in [4.69, 9.17) is 9.72 Å². The van der Waals surface area contributed by atoms with E-state index >= 15 is 0 Å². The molecule has 21 heavy (non-hydrogen) atoms. The van der Waals surface area contributed by atoms with Crippen LogP contribution in [0, 0.1) is 5.92 Å². The van der Waals surface area contributed by atoms with Crippen molar-refractivity contribution in [3.8, 4) is 10.4 Å². The van der Waals surface area contributed by atoms with Gasteiger partial charge in [-0.3, -0.25) is 0 Å². The SMILES string of the molecule is CCNCc1nc(C(OC)C(C)C)sc1-c1ccccc1. The average Bonchev–Trinajstić information content (AvgIpc) is 2.90. The molecule has 0 spiro atoms. The molecular weight excluding hydrogens is 280 g/mol. The lowest BCUT2D eigenvalue weighted by Gasteiger charge is -2.16. The summed E-state index contributed by atoms with van der Waals surface area (Å²) in [7, 11) is 1.76. The van der Waals surface area contributed by atoms with Crippen molar-refractivity contribution in [1.29, 1.82) is 0 Å². The van der Waals surface area contributed by atoms with Gasteiger partial charge in [0, 0.05) is 13.7 Å². The van der Waals surface area contributed by atoms with Gasteiger partial charge in [-0.2, -0.15) is 0 Å². The van der Waals surface area contributed by atoms with E-state index in [-0.39, 0.29) is 6.10 Å². The standard InChI is InChI=1S/C17H24N2OS/c1-5-18-11-14-16(13-9-7-6-8-10-13)21-17(19-14)15(20-4)12(2)3/h6-10,12,15,18H,5,11H2,1-4H3. The first kappa shape index (κ1) is 16.1. The lowest BCUT2D eigenvalue weighted by atomic mass is 10.1. The Morgan fingerprint density at radius 1 is 1.24 bits per heavy atom. The van der Waals surface area contributed by atoms with E-state index in [1.165, 1.54) is 10.4 Å². The van der Waals surface area contributed by atoms with E-state index in [0.717, 1.165) is 23.8 Å². The molecule has 0 radical (unpaired) electrons. The molecule has 2 aromatic rings. The van der Waals surface area contributed by atoms with Crippen molar-refractivity contribution in [2.75, 3.05) is 13.7 Å². The van der Waals surface area contributed by atoms with Crippen LogP contribution in [-0.2, 0) is 11.3 Å². The maximum absolute atomic E-state index is 5.63. The first-order valence-corrected chi connectivity index (χ1v) is 8.27. The normalized spacial score (nSPS) is 12.8. The van der Waals surface area contributed by atoms with E-state index in [1.54, 1.807) is 18.4 Å². The first-order chi connectivity index (χ1) is 10.2. The molecule has 1 N–H and O–H groups in total. The highest BCUT2D eigenvalue weighted by Gasteiger charge is 2.22. The quantitative estimate of drug-likeness (QED) is 0.829. The third-order valence-electron chi connectivity index (χ3n) is 3.40. The predicted octanol–water partition coefficient (Wildman–Crippen LogP) is 4.26. The van der Waals surface area contributed by atoms with Crippen molar-refractivity contribution in [3.05, 3.63) is 41.0 Å². The van der Waals surface area contributed by atoms with Gasteiger partial charge in [-0.15, -0.1) is 11.3 Å². The molecule has 0 bridgehead atoms. The van der Waals surface area contributed by atoms with Crippen LogP contribution >= 0.6 is 11.3 Å². The Morgan fingerprint density at radius 2 is 1.95 bits per heavy atom. The molecule has 114 valence electrons. The van der Waals surface area contributed by atoms with Crippen molar-refractivity contribution in [2.45, 2.75) is 33.4 Å². The van der Waals surface area contributed by atoms with Crippen LogP contribution in [-0.4, -0.2) is 18.6 Å². The fraction of sp³-hybridized carbons (Fsp3) is 0.471. The maximum atomic E-state index is 5.63. The fourth-order valence-electron chi connectivity index (χ4n) is 2.33. The Kier molecular flexibility index (Phi) is 5.91. The number of benzene rings is 1. The summed E-state index contributed by atoms with van der Waals surface area (Å²) in [4.78, 5) is 6.09. The number of methoxy groups -OCH3 is 1. The number of nitrogens with one attached hydrogen (secondary N) is 1. The summed E-state index contributed by atoms with van der Waals surface area (Å²) in [6.45, 7) is 8.19. The van der Waals surface area contributed by atoms with Gasteiger partial charge in [0.1, 0.15) is 11.1 Å². The molecule has 0 aliphatic heterocycles. The Bertz CT molecular complexity index is 551. The minimum Gasteiger partial charge on any atom is -0.374 e.